The summed E-state index contributed by atoms with van der Waals surface area (Å²) in [5.41, 5.74) is 0.538. The molecule has 0 unspecified atom stereocenters. The molecule has 3 aliphatic carbocycles. The van der Waals surface area contributed by atoms with Crippen molar-refractivity contribution in [2.45, 2.75) is 96.7 Å². The van der Waals surface area contributed by atoms with E-state index >= 15 is 0 Å². The van der Waals surface area contributed by atoms with Crippen molar-refractivity contribution in [1.82, 2.24) is 0 Å². The largest absolute Gasteiger partial charge is 0.385 e. The van der Waals surface area contributed by atoms with Gasteiger partial charge >= 0.3 is 0 Å². The number of hydrogen-bond donors (Lipinski definition) is 1. The zero-order valence-corrected chi connectivity index (χ0v) is 16.7. The average molecular weight is 349 g/mol. The lowest BCUT2D eigenvalue weighted by Gasteiger charge is -2.49. The molecule has 1 heterocycles. The van der Waals surface area contributed by atoms with Crippen LogP contribution in [0.3, 0.4) is 0 Å². The van der Waals surface area contributed by atoms with E-state index < -0.39 is 11.4 Å². The van der Waals surface area contributed by atoms with E-state index in [9.17, 15) is 5.11 Å². The van der Waals surface area contributed by atoms with Crippen LogP contribution in [0, 0.1) is 29.1 Å². The Morgan fingerprint density at radius 3 is 2.44 bits per heavy atom. The smallest absolute Gasteiger partial charge is 0.163 e. The molecule has 3 nitrogen and oxygen atoms in total. The van der Waals surface area contributed by atoms with Gasteiger partial charge in [0.1, 0.15) is 0 Å². The summed E-state index contributed by atoms with van der Waals surface area (Å²) in [7, 11) is 0. The highest BCUT2D eigenvalue weighted by Crippen LogP contribution is 2.66. The van der Waals surface area contributed by atoms with Gasteiger partial charge in [0.05, 0.1) is 17.8 Å². The van der Waals surface area contributed by atoms with Crippen LogP contribution in [0.5, 0.6) is 0 Å². The van der Waals surface area contributed by atoms with Gasteiger partial charge in [-0.05, 0) is 87.0 Å². The molecule has 0 bridgehead atoms. The number of hydrogen-bond acceptors (Lipinski definition) is 3. The molecule has 25 heavy (non-hydrogen) atoms. The Kier molecular flexibility index (Phi) is 4.00. The van der Waals surface area contributed by atoms with E-state index in [2.05, 4.69) is 27.4 Å². The van der Waals surface area contributed by atoms with Crippen molar-refractivity contribution in [1.29, 1.82) is 0 Å². The maximum atomic E-state index is 11.7. The van der Waals surface area contributed by atoms with Gasteiger partial charge in [0.25, 0.3) is 0 Å². The molecule has 3 heteroatoms. The van der Waals surface area contributed by atoms with Crippen molar-refractivity contribution in [2.75, 3.05) is 0 Å². The fourth-order valence-electron chi connectivity index (χ4n) is 7.34. The summed E-state index contributed by atoms with van der Waals surface area (Å²) in [6.45, 7) is 15.5. The van der Waals surface area contributed by atoms with E-state index in [0.29, 0.717) is 17.8 Å². The maximum absolute atomic E-state index is 11.7. The topological polar surface area (TPSA) is 38.7 Å². The van der Waals surface area contributed by atoms with Gasteiger partial charge in [-0.3, -0.25) is 0 Å². The van der Waals surface area contributed by atoms with Crippen LogP contribution in [0.25, 0.3) is 0 Å². The highest BCUT2D eigenvalue weighted by atomic mass is 16.8. The molecule has 4 fully saturated rings. The Morgan fingerprint density at radius 1 is 1.08 bits per heavy atom. The van der Waals surface area contributed by atoms with Crippen LogP contribution in [-0.2, 0) is 9.47 Å². The van der Waals surface area contributed by atoms with Crippen LogP contribution in [0.2, 0.25) is 0 Å². The Morgan fingerprint density at radius 2 is 1.76 bits per heavy atom. The van der Waals surface area contributed by atoms with Crippen molar-refractivity contribution in [2.24, 2.45) is 29.1 Å². The van der Waals surface area contributed by atoms with Crippen LogP contribution in [0.4, 0.5) is 0 Å². The third kappa shape index (κ3) is 2.41. The zero-order valence-electron chi connectivity index (χ0n) is 16.7. The van der Waals surface area contributed by atoms with Crippen LogP contribution < -0.4 is 0 Å². The molecule has 1 saturated heterocycles. The van der Waals surface area contributed by atoms with E-state index in [-0.39, 0.29) is 23.5 Å². The Labute approximate surface area is 153 Å². The second-order valence-electron chi connectivity index (χ2n) is 10.2. The molecule has 0 aromatic rings. The third-order valence-corrected chi connectivity index (χ3v) is 8.04. The van der Waals surface area contributed by atoms with E-state index in [1.165, 1.54) is 0 Å². The number of aliphatic hydroxyl groups is 1. The third-order valence-electron chi connectivity index (χ3n) is 8.04. The van der Waals surface area contributed by atoms with Gasteiger partial charge in [-0.2, -0.15) is 0 Å². The Balaban J connectivity index is 1.82. The summed E-state index contributed by atoms with van der Waals surface area (Å²) in [6, 6.07) is 0. The average Bonchev–Trinajstić information content (AvgIpc) is 2.84. The number of ether oxygens (including phenoxy) is 2. The summed E-state index contributed by atoms with van der Waals surface area (Å²) in [6.07, 6.45) is 6.57. The van der Waals surface area contributed by atoms with Gasteiger partial charge in [0, 0.05) is 0 Å². The molecule has 4 rings (SSSR count). The van der Waals surface area contributed by atoms with Crippen LogP contribution in [-0.4, -0.2) is 28.7 Å². The van der Waals surface area contributed by atoms with E-state index in [0.717, 1.165) is 44.1 Å². The van der Waals surface area contributed by atoms with Gasteiger partial charge in [-0.1, -0.05) is 27.4 Å². The molecule has 4 aliphatic rings. The fraction of sp³-hybridized carbons (Fsp3) is 0.909. The first-order valence-corrected chi connectivity index (χ1v) is 10.4. The Bertz CT molecular complexity index is 568. The molecule has 1 aliphatic heterocycles. The van der Waals surface area contributed by atoms with E-state index in [1.807, 2.05) is 13.8 Å². The predicted molar refractivity (Wildman–Crippen MR) is 99.0 cm³/mol. The van der Waals surface area contributed by atoms with E-state index in [4.69, 9.17) is 9.47 Å². The highest BCUT2D eigenvalue weighted by Gasteiger charge is 2.68. The molecule has 142 valence electrons. The number of fused-ring (bicyclic) bond motifs is 5. The van der Waals surface area contributed by atoms with Crippen molar-refractivity contribution < 1.29 is 14.6 Å². The SMILES string of the molecule is C=C1CCC[C@@H]2[C@H]3[C@H]4OC(C)(C)O[C@H]4[C@H](C(C)C)[C@@]3(C)CCC[C@@]12O. The molecule has 0 aromatic heterocycles. The van der Waals surface area contributed by atoms with Crippen LogP contribution >= 0.6 is 0 Å². The summed E-state index contributed by atoms with van der Waals surface area (Å²) in [5, 5.41) is 11.7. The second kappa shape index (κ2) is 5.56. The van der Waals surface area contributed by atoms with Gasteiger partial charge in [0.2, 0.25) is 0 Å². The molecule has 3 saturated carbocycles. The molecule has 7 atom stereocenters. The molecule has 1 N–H and O–H groups in total. The molecule has 0 amide bonds. The summed E-state index contributed by atoms with van der Waals surface area (Å²) in [5.74, 6) is 1.14. The predicted octanol–water partition coefficient (Wildman–Crippen LogP) is 4.69. The quantitative estimate of drug-likeness (QED) is 0.699. The first-order chi connectivity index (χ1) is 11.6. The monoisotopic (exact) mass is 348 g/mol. The standard InChI is InChI=1S/C22H36O3/c1-13(2)16-18-19(25-20(4,5)24-18)17-15-10-7-9-14(3)22(15,23)12-8-11-21(16,17)6/h13,15-19,23H,3,7-12H2,1-2,4-6H3/t15-,16+,17+,18+,19-,21-,22-/m1/s1. The Hall–Kier alpha value is -0.380. The van der Waals surface area contributed by atoms with Crippen LogP contribution in [0.15, 0.2) is 12.2 Å². The minimum atomic E-state index is -0.701. The fourth-order valence-corrected chi connectivity index (χ4v) is 7.34. The molecular formula is C22H36O3. The normalized spacial score (nSPS) is 51.8. The molecule has 0 radical (unpaired) electrons. The number of rotatable bonds is 1. The summed E-state index contributed by atoms with van der Waals surface area (Å²) < 4.78 is 13.0. The first-order valence-electron chi connectivity index (χ1n) is 10.4. The lowest BCUT2D eigenvalue weighted by Crippen LogP contribution is -2.50. The van der Waals surface area contributed by atoms with Crippen molar-refractivity contribution in [3.63, 3.8) is 0 Å². The molecular weight excluding hydrogens is 312 g/mol. The van der Waals surface area contributed by atoms with Crippen LogP contribution in [0.1, 0.15) is 73.1 Å². The maximum Gasteiger partial charge on any atom is 0.163 e. The van der Waals surface area contributed by atoms with E-state index in [1.54, 1.807) is 0 Å². The van der Waals surface area contributed by atoms with Crippen molar-refractivity contribution in [3.8, 4) is 0 Å². The van der Waals surface area contributed by atoms with Crippen molar-refractivity contribution >= 4 is 0 Å². The first kappa shape index (κ1) is 18.0. The summed E-state index contributed by atoms with van der Waals surface area (Å²) in [4.78, 5) is 0. The molecule has 0 spiro atoms. The van der Waals surface area contributed by atoms with Gasteiger partial charge in [-0.15, -0.1) is 0 Å². The van der Waals surface area contributed by atoms with Gasteiger partial charge < -0.3 is 14.6 Å². The van der Waals surface area contributed by atoms with Crippen molar-refractivity contribution in [3.05, 3.63) is 12.2 Å². The minimum absolute atomic E-state index is 0.105. The minimum Gasteiger partial charge on any atom is -0.385 e. The molecule has 0 aromatic carbocycles. The lowest BCUT2D eigenvalue weighted by atomic mass is 9.59. The second-order valence-corrected chi connectivity index (χ2v) is 10.2. The lowest BCUT2D eigenvalue weighted by molar-refractivity contribution is -0.188. The highest BCUT2D eigenvalue weighted by molar-refractivity contribution is 5.24. The van der Waals surface area contributed by atoms with Gasteiger partial charge in [0.15, 0.2) is 5.79 Å². The zero-order chi connectivity index (χ0) is 18.2. The van der Waals surface area contributed by atoms with Gasteiger partial charge in [-0.25, -0.2) is 0 Å². The summed E-state index contributed by atoms with van der Waals surface area (Å²) >= 11 is 0.